The van der Waals surface area contributed by atoms with E-state index in [9.17, 15) is 4.79 Å². The van der Waals surface area contributed by atoms with Crippen LogP contribution in [0.25, 0.3) is 0 Å². The number of carbonyl (C=O) groups is 1. The normalized spacial score (nSPS) is 23.4. The highest BCUT2D eigenvalue weighted by Crippen LogP contribution is 2.31. The van der Waals surface area contributed by atoms with Crippen LogP contribution in [0, 0.1) is 0 Å². The van der Waals surface area contributed by atoms with E-state index in [1.807, 2.05) is 18.9 Å². The maximum absolute atomic E-state index is 12.9. The predicted molar refractivity (Wildman–Crippen MR) is 96.2 cm³/mol. The van der Waals surface area contributed by atoms with Gasteiger partial charge in [0.05, 0.1) is 6.04 Å². The Morgan fingerprint density at radius 1 is 1.20 bits per heavy atom. The van der Waals surface area contributed by atoms with E-state index in [0.29, 0.717) is 0 Å². The summed E-state index contributed by atoms with van der Waals surface area (Å²) in [6.45, 7) is 6.79. The second-order valence-electron chi connectivity index (χ2n) is 7.64. The van der Waals surface area contributed by atoms with E-state index in [2.05, 4.69) is 39.3 Å². The van der Waals surface area contributed by atoms with Crippen LogP contribution in [-0.4, -0.2) is 87.9 Å². The number of nitrogens with one attached hydrogen (secondary N) is 1. The molecule has 140 valence electrons. The highest BCUT2D eigenvalue weighted by Gasteiger charge is 2.41. The number of piperidine rings is 1. The molecule has 25 heavy (non-hydrogen) atoms. The van der Waals surface area contributed by atoms with Crippen LogP contribution in [0.1, 0.15) is 38.1 Å². The molecule has 0 radical (unpaired) electrons. The maximum Gasteiger partial charge on any atom is 0.318 e. The number of amides is 2. The van der Waals surface area contributed by atoms with Crippen molar-refractivity contribution in [2.45, 2.75) is 37.8 Å². The molecule has 1 unspecified atom stereocenters. The predicted octanol–water partition coefficient (Wildman–Crippen LogP) is 0.688. The van der Waals surface area contributed by atoms with Crippen molar-refractivity contribution in [1.29, 1.82) is 0 Å². The van der Waals surface area contributed by atoms with Gasteiger partial charge in [0, 0.05) is 32.2 Å². The highest BCUT2D eigenvalue weighted by atomic mass is 16.2. The second kappa shape index (κ2) is 7.29. The Labute approximate surface area is 150 Å². The largest absolute Gasteiger partial charge is 0.328 e. The molecule has 1 N–H and O–H groups in total. The molecule has 2 aliphatic rings. The average molecular weight is 349 g/mol. The lowest BCUT2D eigenvalue weighted by atomic mass is 9.85. The Bertz CT molecular complexity index is 594. The van der Waals surface area contributed by atoms with Crippen LogP contribution in [0.15, 0.2) is 6.33 Å². The van der Waals surface area contributed by atoms with E-state index in [0.717, 1.165) is 57.8 Å². The SMILES string of the molecule is CC(NC(=O)N1CCCN(C)C2(CCN(C)CC2)C1)c1ncnn1C. The van der Waals surface area contributed by atoms with Crippen LogP contribution in [0.5, 0.6) is 0 Å². The van der Waals surface area contributed by atoms with Crippen molar-refractivity contribution in [1.82, 2.24) is 34.8 Å². The number of aromatic nitrogens is 3. The van der Waals surface area contributed by atoms with E-state index in [1.54, 1.807) is 4.68 Å². The third-order valence-electron chi connectivity index (χ3n) is 5.90. The van der Waals surface area contributed by atoms with E-state index in [-0.39, 0.29) is 17.6 Å². The van der Waals surface area contributed by atoms with Gasteiger partial charge in [0.2, 0.25) is 0 Å². The molecule has 3 rings (SSSR count). The fraction of sp³-hybridized carbons (Fsp3) is 0.824. The summed E-state index contributed by atoms with van der Waals surface area (Å²) in [4.78, 5) is 24.0. The van der Waals surface area contributed by atoms with Gasteiger partial charge >= 0.3 is 6.03 Å². The van der Waals surface area contributed by atoms with E-state index < -0.39 is 0 Å². The molecule has 1 aromatic heterocycles. The molecule has 1 atom stereocenters. The zero-order valence-corrected chi connectivity index (χ0v) is 15.9. The van der Waals surface area contributed by atoms with E-state index >= 15 is 0 Å². The van der Waals surface area contributed by atoms with Crippen molar-refractivity contribution >= 4 is 6.03 Å². The average Bonchev–Trinajstić information content (AvgIpc) is 2.94. The first-order valence-electron chi connectivity index (χ1n) is 9.20. The minimum atomic E-state index is -0.158. The Morgan fingerprint density at radius 2 is 1.92 bits per heavy atom. The first kappa shape index (κ1) is 18.1. The molecule has 3 heterocycles. The zero-order valence-electron chi connectivity index (χ0n) is 15.9. The van der Waals surface area contributed by atoms with Gasteiger partial charge in [-0.25, -0.2) is 9.78 Å². The number of rotatable bonds is 2. The lowest BCUT2D eigenvalue weighted by Gasteiger charge is -2.47. The molecule has 2 amide bonds. The molecule has 8 nitrogen and oxygen atoms in total. The van der Waals surface area contributed by atoms with Crippen LogP contribution < -0.4 is 5.32 Å². The summed E-state index contributed by atoms with van der Waals surface area (Å²) in [5, 5.41) is 7.19. The highest BCUT2D eigenvalue weighted by molar-refractivity contribution is 5.74. The number of carbonyl (C=O) groups excluding carboxylic acids is 1. The summed E-state index contributed by atoms with van der Waals surface area (Å²) in [5.41, 5.74) is 0.106. The van der Waals surface area contributed by atoms with Gasteiger partial charge in [0.1, 0.15) is 12.2 Å². The maximum atomic E-state index is 12.9. The summed E-state index contributed by atoms with van der Waals surface area (Å²) in [6.07, 6.45) is 4.76. The van der Waals surface area contributed by atoms with Gasteiger partial charge in [0.25, 0.3) is 0 Å². The molecule has 0 bridgehead atoms. The number of urea groups is 1. The van der Waals surface area contributed by atoms with Gasteiger partial charge in [-0.1, -0.05) is 0 Å². The zero-order chi connectivity index (χ0) is 18.0. The van der Waals surface area contributed by atoms with Crippen LogP contribution in [0.2, 0.25) is 0 Å². The molecule has 0 aliphatic carbocycles. The summed E-state index contributed by atoms with van der Waals surface area (Å²) in [5.74, 6) is 0.772. The second-order valence-corrected chi connectivity index (χ2v) is 7.64. The van der Waals surface area contributed by atoms with Gasteiger partial charge in [0.15, 0.2) is 0 Å². The lowest BCUT2D eigenvalue weighted by molar-refractivity contribution is 0.0410. The smallest absolute Gasteiger partial charge is 0.318 e. The van der Waals surface area contributed by atoms with Crippen molar-refractivity contribution in [3.05, 3.63) is 12.2 Å². The van der Waals surface area contributed by atoms with Gasteiger partial charge in [-0.15, -0.1) is 0 Å². The van der Waals surface area contributed by atoms with Crippen molar-refractivity contribution in [3.63, 3.8) is 0 Å². The molecule has 1 aromatic rings. The molecule has 8 heteroatoms. The molecule has 2 fully saturated rings. The molecular formula is C17H31N7O. The minimum Gasteiger partial charge on any atom is -0.328 e. The Balaban J connectivity index is 1.68. The summed E-state index contributed by atoms with van der Waals surface area (Å²) in [6, 6.07) is -0.154. The number of aryl methyl sites for hydroxylation is 1. The third kappa shape index (κ3) is 3.79. The fourth-order valence-electron chi connectivity index (χ4n) is 4.08. The van der Waals surface area contributed by atoms with Gasteiger partial charge in [-0.2, -0.15) is 5.10 Å². The Hall–Kier alpha value is -1.67. The van der Waals surface area contributed by atoms with E-state index in [1.165, 1.54) is 6.33 Å². The fourth-order valence-corrected chi connectivity index (χ4v) is 4.08. The van der Waals surface area contributed by atoms with E-state index in [4.69, 9.17) is 0 Å². The number of hydrogen-bond acceptors (Lipinski definition) is 5. The van der Waals surface area contributed by atoms with Crippen molar-refractivity contribution < 1.29 is 4.79 Å². The van der Waals surface area contributed by atoms with Crippen LogP contribution >= 0.6 is 0 Å². The molecule has 2 aliphatic heterocycles. The Morgan fingerprint density at radius 3 is 2.56 bits per heavy atom. The molecule has 0 saturated carbocycles. The van der Waals surface area contributed by atoms with Gasteiger partial charge in [-0.05, 0) is 53.4 Å². The van der Waals surface area contributed by atoms with Crippen molar-refractivity contribution in [3.8, 4) is 0 Å². The number of hydrogen-bond donors (Lipinski definition) is 1. The molecule has 0 aromatic carbocycles. The van der Waals surface area contributed by atoms with Crippen molar-refractivity contribution in [2.75, 3.05) is 46.8 Å². The lowest BCUT2D eigenvalue weighted by Crippen LogP contribution is -2.59. The number of nitrogens with zero attached hydrogens (tertiary/aromatic N) is 6. The standard InChI is InChI=1S/C17H31N7O/c1-14(15-18-13-19-23(15)4)20-16(25)24-9-5-8-22(3)17(12-24)6-10-21(2)11-7-17/h13-14H,5-12H2,1-4H3,(H,20,25). The number of likely N-dealkylation sites (N-methyl/N-ethyl adjacent to an activating group) is 1. The van der Waals surface area contributed by atoms with Crippen molar-refractivity contribution in [2.24, 2.45) is 7.05 Å². The van der Waals surface area contributed by atoms with Gasteiger partial charge < -0.3 is 15.1 Å². The molecule has 2 saturated heterocycles. The first-order valence-corrected chi connectivity index (χ1v) is 9.20. The van der Waals surface area contributed by atoms with Crippen LogP contribution in [-0.2, 0) is 7.05 Å². The van der Waals surface area contributed by atoms with Crippen LogP contribution in [0.3, 0.4) is 0 Å². The Kier molecular flexibility index (Phi) is 5.29. The number of likely N-dealkylation sites (tertiary alicyclic amines) is 1. The summed E-state index contributed by atoms with van der Waals surface area (Å²) < 4.78 is 1.71. The summed E-state index contributed by atoms with van der Waals surface area (Å²) >= 11 is 0. The molecular weight excluding hydrogens is 318 g/mol. The summed E-state index contributed by atoms with van der Waals surface area (Å²) in [7, 11) is 6.24. The minimum absolute atomic E-state index is 0.00380. The molecule has 1 spiro atoms. The quantitative estimate of drug-likeness (QED) is 0.851. The monoisotopic (exact) mass is 349 g/mol. The third-order valence-corrected chi connectivity index (χ3v) is 5.90. The van der Waals surface area contributed by atoms with Crippen LogP contribution in [0.4, 0.5) is 4.79 Å². The first-order chi connectivity index (χ1) is 11.9. The van der Waals surface area contributed by atoms with Gasteiger partial charge in [-0.3, -0.25) is 9.58 Å². The topological polar surface area (TPSA) is 69.5 Å².